The number of piperidine rings is 1. The molecule has 1 aromatic carbocycles. The van der Waals surface area contributed by atoms with Gasteiger partial charge in [0.2, 0.25) is 0 Å². The number of ether oxygens (including phenoxy) is 2. The van der Waals surface area contributed by atoms with E-state index in [1.807, 2.05) is 34.2 Å². The highest BCUT2D eigenvalue weighted by atomic mass is 16.5. The van der Waals surface area contributed by atoms with Crippen molar-refractivity contribution in [1.29, 1.82) is 0 Å². The highest BCUT2D eigenvalue weighted by molar-refractivity contribution is 5.94. The number of rotatable bonds is 3. The highest BCUT2D eigenvalue weighted by Crippen LogP contribution is 2.35. The third-order valence-electron chi connectivity index (χ3n) is 5.72. The first-order chi connectivity index (χ1) is 13.7. The Labute approximate surface area is 165 Å². The monoisotopic (exact) mass is 384 g/mol. The maximum atomic E-state index is 12.8. The van der Waals surface area contributed by atoms with E-state index in [9.17, 15) is 4.79 Å². The third-order valence-corrected chi connectivity index (χ3v) is 5.72. The van der Waals surface area contributed by atoms with Crippen LogP contribution in [0, 0.1) is 0 Å². The minimum atomic E-state index is 0.191. The Morgan fingerprint density at radius 2 is 1.54 bits per heavy atom. The summed E-state index contributed by atoms with van der Waals surface area (Å²) in [5, 5.41) is 2.10. The predicted octanol–water partition coefficient (Wildman–Crippen LogP) is 2.98. The molecule has 0 bridgehead atoms. The Morgan fingerprint density at radius 3 is 2.21 bits per heavy atom. The number of carbonyl (C=O) groups is 1. The molecule has 7 nitrogen and oxygen atoms in total. The molecule has 2 fully saturated rings. The molecule has 150 valence electrons. The Hall–Kier alpha value is -2.70. The van der Waals surface area contributed by atoms with Crippen molar-refractivity contribution in [3.05, 3.63) is 24.4 Å². The lowest BCUT2D eigenvalue weighted by Gasteiger charge is -2.39. The number of methoxy groups -OCH3 is 2. The van der Waals surface area contributed by atoms with E-state index in [-0.39, 0.29) is 6.03 Å². The molecule has 0 atom stereocenters. The van der Waals surface area contributed by atoms with Gasteiger partial charge in [0.05, 0.1) is 14.2 Å². The maximum absolute atomic E-state index is 12.8. The molecule has 0 aliphatic carbocycles. The van der Waals surface area contributed by atoms with E-state index in [1.54, 1.807) is 14.2 Å². The first kappa shape index (κ1) is 18.7. The van der Waals surface area contributed by atoms with E-state index in [2.05, 4.69) is 9.88 Å². The summed E-state index contributed by atoms with van der Waals surface area (Å²) in [6, 6.07) is 6.14. The van der Waals surface area contributed by atoms with Crippen LogP contribution in [0.5, 0.6) is 11.5 Å². The van der Waals surface area contributed by atoms with E-state index < -0.39 is 0 Å². The first-order valence-electron chi connectivity index (χ1n) is 10.0. The molecular formula is C21H28N4O3. The smallest absolute Gasteiger partial charge is 0.320 e. The van der Waals surface area contributed by atoms with Crippen LogP contribution in [0.1, 0.15) is 19.3 Å². The normalized spacial score (nSPS) is 17.7. The highest BCUT2D eigenvalue weighted by Gasteiger charge is 2.27. The van der Waals surface area contributed by atoms with E-state index in [4.69, 9.17) is 9.47 Å². The number of piperazine rings is 1. The van der Waals surface area contributed by atoms with Crippen molar-refractivity contribution < 1.29 is 14.3 Å². The summed E-state index contributed by atoms with van der Waals surface area (Å²) in [5.41, 5.74) is 0. The molecule has 28 heavy (non-hydrogen) atoms. The molecular weight excluding hydrogens is 356 g/mol. The summed E-state index contributed by atoms with van der Waals surface area (Å²) in [6.07, 6.45) is 5.31. The minimum Gasteiger partial charge on any atom is -0.493 e. The van der Waals surface area contributed by atoms with Gasteiger partial charge in [0, 0.05) is 50.9 Å². The molecule has 2 aliphatic heterocycles. The van der Waals surface area contributed by atoms with Crippen LogP contribution in [0.4, 0.5) is 10.6 Å². The van der Waals surface area contributed by atoms with Crippen molar-refractivity contribution in [3.63, 3.8) is 0 Å². The third kappa shape index (κ3) is 3.53. The zero-order valence-electron chi connectivity index (χ0n) is 16.7. The van der Waals surface area contributed by atoms with Gasteiger partial charge in [-0.3, -0.25) is 0 Å². The van der Waals surface area contributed by atoms with Gasteiger partial charge in [-0.25, -0.2) is 9.78 Å². The molecule has 3 heterocycles. The van der Waals surface area contributed by atoms with Gasteiger partial charge in [-0.2, -0.15) is 0 Å². The van der Waals surface area contributed by atoms with E-state index >= 15 is 0 Å². The zero-order chi connectivity index (χ0) is 19.5. The average molecular weight is 384 g/mol. The SMILES string of the molecule is COc1cc2ccnc(N3CCN(C(=O)N4CCCCC4)CC3)c2cc1OC. The lowest BCUT2D eigenvalue weighted by atomic mass is 10.1. The quantitative estimate of drug-likeness (QED) is 0.814. The van der Waals surface area contributed by atoms with E-state index in [0.29, 0.717) is 11.5 Å². The van der Waals surface area contributed by atoms with Crippen molar-refractivity contribution in [2.45, 2.75) is 19.3 Å². The number of hydrogen-bond donors (Lipinski definition) is 0. The molecule has 4 rings (SSSR count). The van der Waals surface area contributed by atoms with Crippen molar-refractivity contribution in [1.82, 2.24) is 14.8 Å². The van der Waals surface area contributed by atoms with Gasteiger partial charge < -0.3 is 24.2 Å². The van der Waals surface area contributed by atoms with Crippen LogP contribution in [-0.4, -0.2) is 74.3 Å². The number of benzene rings is 1. The zero-order valence-corrected chi connectivity index (χ0v) is 16.7. The standard InChI is InChI=1S/C21H28N4O3/c1-27-18-14-16-6-7-22-20(17(16)15-19(18)28-2)23-10-12-25(13-11-23)21(26)24-8-4-3-5-9-24/h6-7,14-15H,3-5,8-13H2,1-2H3. The molecule has 0 radical (unpaired) electrons. The number of hydrogen-bond acceptors (Lipinski definition) is 5. The molecule has 1 aromatic heterocycles. The number of likely N-dealkylation sites (tertiary alicyclic amines) is 1. The van der Waals surface area contributed by atoms with Crippen LogP contribution >= 0.6 is 0 Å². The van der Waals surface area contributed by atoms with E-state index in [0.717, 1.165) is 68.7 Å². The number of nitrogens with zero attached hydrogens (tertiary/aromatic N) is 4. The maximum Gasteiger partial charge on any atom is 0.320 e. The van der Waals surface area contributed by atoms with Gasteiger partial charge in [0.25, 0.3) is 0 Å². The molecule has 0 N–H and O–H groups in total. The Morgan fingerprint density at radius 1 is 0.893 bits per heavy atom. The van der Waals surface area contributed by atoms with Crippen LogP contribution in [0.15, 0.2) is 24.4 Å². The summed E-state index contributed by atoms with van der Waals surface area (Å²) in [7, 11) is 3.29. The van der Waals surface area contributed by atoms with Crippen LogP contribution < -0.4 is 14.4 Å². The predicted molar refractivity (Wildman–Crippen MR) is 109 cm³/mol. The Bertz CT molecular complexity index is 843. The fourth-order valence-electron chi connectivity index (χ4n) is 4.13. The van der Waals surface area contributed by atoms with Gasteiger partial charge >= 0.3 is 6.03 Å². The Balaban J connectivity index is 1.51. The van der Waals surface area contributed by atoms with Gasteiger partial charge in [0.1, 0.15) is 5.82 Å². The van der Waals surface area contributed by atoms with Gasteiger partial charge in [-0.05, 0) is 42.8 Å². The number of amides is 2. The van der Waals surface area contributed by atoms with Crippen molar-refractivity contribution in [2.75, 3.05) is 58.4 Å². The first-order valence-corrected chi connectivity index (χ1v) is 10.0. The summed E-state index contributed by atoms with van der Waals surface area (Å²) in [5.74, 6) is 2.34. The molecule has 7 heteroatoms. The second-order valence-electron chi connectivity index (χ2n) is 7.37. The van der Waals surface area contributed by atoms with Crippen LogP contribution in [0.25, 0.3) is 10.8 Å². The number of anilines is 1. The second-order valence-corrected chi connectivity index (χ2v) is 7.37. The van der Waals surface area contributed by atoms with E-state index in [1.165, 1.54) is 6.42 Å². The number of urea groups is 1. The minimum absolute atomic E-state index is 0.191. The summed E-state index contributed by atoms with van der Waals surface area (Å²) >= 11 is 0. The largest absolute Gasteiger partial charge is 0.493 e. The number of fused-ring (bicyclic) bond motifs is 1. The summed E-state index contributed by atoms with van der Waals surface area (Å²) in [6.45, 7) is 4.79. The Kier molecular flexibility index (Phi) is 5.41. The topological polar surface area (TPSA) is 58.1 Å². The van der Waals surface area contributed by atoms with Crippen LogP contribution in [0.2, 0.25) is 0 Å². The molecule has 0 unspecified atom stereocenters. The molecule has 2 aromatic rings. The van der Waals surface area contributed by atoms with Crippen LogP contribution in [0.3, 0.4) is 0 Å². The number of carbonyl (C=O) groups excluding carboxylic acids is 1. The lowest BCUT2D eigenvalue weighted by molar-refractivity contribution is 0.141. The van der Waals surface area contributed by atoms with Gasteiger partial charge in [0.15, 0.2) is 11.5 Å². The average Bonchev–Trinajstić information content (AvgIpc) is 2.77. The van der Waals surface area contributed by atoms with Crippen molar-refractivity contribution in [2.24, 2.45) is 0 Å². The fourth-order valence-corrected chi connectivity index (χ4v) is 4.13. The number of aromatic nitrogens is 1. The van der Waals surface area contributed by atoms with Gasteiger partial charge in [-0.1, -0.05) is 0 Å². The summed E-state index contributed by atoms with van der Waals surface area (Å²) in [4.78, 5) is 23.6. The lowest BCUT2D eigenvalue weighted by Crippen LogP contribution is -2.53. The fraction of sp³-hybridized carbons (Fsp3) is 0.524. The summed E-state index contributed by atoms with van der Waals surface area (Å²) < 4.78 is 10.9. The molecule has 2 saturated heterocycles. The molecule has 2 aliphatic rings. The van der Waals surface area contributed by atoms with Gasteiger partial charge in [-0.15, -0.1) is 0 Å². The van der Waals surface area contributed by atoms with Crippen molar-refractivity contribution in [3.8, 4) is 11.5 Å². The molecule has 0 saturated carbocycles. The molecule has 0 spiro atoms. The molecule has 2 amide bonds. The van der Waals surface area contributed by atoms with Crippen LogP contribution in [-0.2, 0) is 0 Å². The van der Waals surface area contributed by atoms with Crippen molar-refractivity contribution >= 4 is 22.6 Å². The number of pyridine rings is 1. The second kappa shape index (κ2) is 8.12.